The third-order valence-electron chi connectivity index (χ3n) is 5.15. The molecule has 1 aromatic rings. The van der Waals surface area contributed by atoms with Crippen LogP contribution in [-0.4, -0.2) is 48.4 Å². The molecule has 2 N–H and O–H groups in total. The van der Waals surface area contributed by atoms with Crippen LogP contribution in [0.3, 0.4) is 0 Å². The topological polar surface area (TPSA) is 36.5 Å². The summed E-state index contributed by atoms with van der Waals surface area (Å²) < 4.78 is 5.54. The number of ether oxygens (including phenoxy) is 1. The van der Waals surface area contributed by atoms with E-state index >= 15 is 0 Å². The average molecular weight is 368 g/mol. The van der Waals surface area contributed by atoms with Gasteiger partial charge in [-0.3, -0.25) is 4.90 Å². The lowest BCUT2D eigenvalue weighted by molar-refractivity contribution is -0.0351. The molecular weight excluding hydrogens is 342 g/mol. The van der Waals surface area contributed by atoms with Crippen LogP contribution < -0.4 is 10.6 Å². The van der Waals surface area contributed by atoms with Crippen LogP contribution in [0, 0.1) is 0 Å². The van der Waals surface area contributed by atoms with E-state index in [-0.39, 0.29) is 5.54 Å². The molecule has 24 heavy (non-hydrogen) atoms. The molecule has 1 heterocycles. The third-order valence-corrected chi connectivity index (χ3v) is 5.64. The maximum Gasteiger partial charge on any atom is 0.170 e. The lowest BCUT2D eigenvalue weighted by Gasteiger charge is -2.48. The molecule has 0 unspecified atom stereocenters. The number of hydrogen-bond donors (Lipinski definition) is 2. The molecule has 1 aromatic carbocycles. The van der Waals surface area contributed by atoms with E-state index in [0.29, 0.717) is 5.11 Å². The minimum atomic E-state index is 0.216. The van der Waals surface area contributed by atoms with Gasteiger partial charge in [0.25, 0.3) is 0 Å². The van der Waals surface area contributed by atoms with Crippen LogP contribution >= 0.6 is 23.8 Å². The number of morpholine rings is 1. The molecule has 2 aliphatic rings. The monoisotopic (exact) mass is 367 g/mol. The van der Waals surface area contributed by atoms with Gasteiger partial charge in [-0.2, -0.15) is 0 Å². The first-order valence-corrected chi connectivity index (χ1v) is 9.60. The van der Waals surface area contributed by atoms with Crippen LogP contribution in [0.5, 0.6) is 0 Å². The lowest BCUT2D eigenvalue weighted by Crippen LogP contribution is -2.60. The summed E-state index contributed by atoms with van der Waals surface area (Å²) in [6.45, 7) is 4.63. The molecule has 0 aromatic heterocycles. The normalized spacial score (nSPS) is 21.2. The van der Waals surface area contributed by atoms with Crippen LogP contribution in [0.1, 0.15) is 32.1 Å². The minimum absolute atomic E-state index is 0.216. The molecule has 3 rings (SSSR count). The fraction of sp³-hybridized carbons (Fsp3) is 0.611. The van der Waals surface area contributed by atoms with Crippen LogP contribution in [0.15, 0.2) is 24.3 Å². The van der Waals surface area contributed by atoms with Crippen LogP contribution in [-0.2, 0) is 4.74 Å². The van der Waals surface area contributed by atoms with Gasteiger partial charge in [-0.05, 0) is 49.3 Å². The fourth-order valence-corrected chi connectivity index (χ4v) is 4.12. The number of anilines is 1. The number of rotatable bonds is 4. The van der Waals surface area contributed by atoms with Gasteiger partial charge in [-0.25, -0.2) is 0 Å². The van der Waals surface area contributed by atoms with Crippen molar-refractivity contribution in [3.63, 3.8) is 0 Å². The summed E-state index contributed by atoms with van der Waals surface area (Å²) in [6, 6.07) is 7.61. The highest BCUT2D eigenvalue weighted by Crippen LogP contribution is 2.33. The molecule has 1 saturated heterocycles. The summed E-state index contributed by atoms with van der Waals surface area (Å²) in [7, 11) is 0. The molecule has 0 spiro atoms. The second kappa shape index (κ2) is 8.48. The Labute approximate surface area is 154 Å². The Morgan fingerprint density at radius 3 is 2.46 bits per heavy atom. The van der Waals surface area contributed by atoms with Gasteiger partial charge in [0.15, 0.2) is 5.11 Å². The fourth-order valence-electron chi connectivity index (χ4n) is 3.81. The maximum atomic E-state index is 5.92. The molecule has 0 radical (unpaired) electrons. The molecule has 6 heteroatoms. The van der Waals surface area contributed by atoms with E-state index in [2.05, 4.69) is 15.5 Å². The smallest absolute Gasteiger partial charge is 0.170 e. The molecule has 0 amide bonds. The van der Waals surface area contributed by atoms with E-state index < -0.39 is 0 Å². The molecule has 1 aliphatic carbocycles. The third kappa shape index (κ3) is 4.60. The Bertz CT molecular complexity index is 540. The highest BCUT2D eigenvalue weighted by molar-refractivity contribution is 7.80. The van der Waals surface area contributed by atoms with Gasteiger partial charge in [-0.1, -0.05) is 30.9 Å². The van der Waals surface area contributed by atoms with E-state index in [1.165, 1.54) is 32.1 Å². The summed E-state index contributed by atoms with van der Waals surface area (Å²) in [6.07, 6.45) is 6.43. The van der Waals surface area contributed by atoms with E-state index in [1.807, 2.05) is 24.3 Å². The van der Waals surface area contributed by atoms with Crippen molar-refractivity contribution in [3.05, 3.63) is 29.3 Å². The second-order valence-electron chi connectivity index (χ2n) is 6.70. The summed E-state index contributed by atoms with van der Waals surface area (Å²) in [5, 5.41) is 8.11. The number of nitrogens with one attached hydrogen (secondary N) is 2. The number of nitrogens with zero attached hydrogens (tertiary/aromatic N) is 1. The van der Waals surface area contributed by atoms with Gasteiger partial charge in [0, 0.05) is 35.9 Å². The summed E-state index contributed by atoms with van der Waals surface area (Å²) in [4.78, 5) is 2.62. The zero-order valence-electron chi connectivity index (χ0n) is 14.0. The van der Waals surface area contributed by atoms with Crippen molar-refractivity contribution in [3.8, 4) is 0 Å². The van der Waals surface area contributed by atoms with Crippen molar-refractivity contribution in [1.82, 2.24) is 10.2 Å². The molecule has 0 atom stereocenters. The number of hydrogen-bond acceptors (Lipinski definition) is 3. The van der Waals surface area contributed by atoms with Crippen LogP contribution in [0.2, 0.25) is 5.02 Å². The van der Waals surface area contributed by atoms with Gasteiger partial charge in [0.05, 0.1) is 13.2 Å². The van der Waals surface area contributed by atoms with Crippen LogP contribution in [0.4, 0.5) is 5.69 Å². The van der Waals surface area contributed by atoms with E-state index in [0.717, 1.165) is 43.6 Å². The first-order chi connectivity index (χ1) is 11.7. The summed E-state index contributed by atoms with van der Waals surface area (Å²) >= 11 is 11.4. The van der Waals surface area contributed by atoms with Crippen molar-refractivity contribution in [1.29, 1.82) is 0 Å². The van der Waals surface area contributed by atoms with Crippen molar-refractivity contribution >= 4 is 34.6 Å². The second-order valence-corrected chi connectivity index (χ2v) is 7.54. The Kier molecular flexibility index (Phi) is 6.33. The molecule has 1 aliphatic heterocycles. The van der Waals surface area contributed by atoms with Gasteiger partial charge < -0.3 is 15.4 Å². The van der Waals surface area contributed by atoms with Crippen LogP contribution in [0.25, 0.3) is 0 Å². The molecular formula is C18H26ClN3OS. The summed E-state index contributed by atoms with van der Waals surface area (Å²) in [5.41, 5.74) is 1.18. The Morgan fingerprint density at radius 2 is 1.79 bits per heavy atom. The van der Waals surface area contributed by atoms with Crippen molar-refractivity contribution in [2.45, 2.75) is 37.6 Å². The Hall–Kier alpha value is -0.880. The highest BCUT2D eigenvalue weighted by Gasteiger charge is 2.38. The number of halogens is 1. The van der Waals surface area contributed by atoms with E-state index in [4.69, 9.17) is 28.6 Å². The highest BCUT2D eigenvalue weighted by atomic mass is 35.5. The SMILES string of the molecule is S=C(NCC1(N2CCOCC2)CCCCC1)Nc1ccc(Cl)cc1. The Morgan fingerprint density at radius 1 is 1.12 bits per heavy atom. The molecule has 0 bridgehead atoms. The number of benzene rings is 1. The zero-order valence-corrected chi connectivity index (χ0v) is 15.6. The Balaban J connectivity index is 1.58. The zero-order chi connectivity index (χ0) is 16.8. The largest absolute Gasteiger partial charge is 0.379 e. The first-order valence-electron chi connectivity index (χ1n) is 8.81. The molecule has 2 fully saturated rings. The van der Waals surface area contributed by atoms with Crippen molar-refractivity contribution in [2.24, 2.45) is 0 Å². The van der Waals surface area contributed by atoms with Crippen molar-refractivity contribution < 1.29 is 4.74 Å². The molecule has 1 saturated carbocycles. The number of thiocarbonyl (C=S) groups is 1. The van der Waals surface area contributed by atoms with Gasteiger partial charge in [0.1, 0.15) is 0 Å². The molecule has 132 valence electrons. The average Bonchev–Trinajstić information content (AvgIpc) is 2.63. The van der Waals surface area contributed by atoms with Gasteiger partial charge >= 0.3 is 0 Å². The minimum Gasteiger partial charge on any atom is -0.379 e. The standard InChI is InChI=1S/C18H26ClN3OS/c19-15-4-6-16(7-5-15)21-17(24)20-14-18(8-2-1-3-9-18)22-10-12-23-13-11-22/h4-7H,1-3,8-14H2,(H2,20,21,24). The van der Waals surface area contributed by atoms with Gasteiger partial charge in [0.2, 0.25) is 0 Å². The van der Waals surface area contributed by atoms with Gasteiger partial charge in [-0.15, -0.1) is 0 Å². The predicted octanol–water partition coefficient (Wildman–Crippen LogP) is 3.66. The summed E-state index contributed by atoms with van der Waals surface area (Å²) in [5.74, 6) is 0. The van der Waals surface area contributed by atoms with E-state index in [9.17, 15) is 0 Å². The quantitative estimate of drug-likeness (QED) is 0.794. The lowest BCUT2D eigenvalue weighted by atomic mass is 9.80. The maximum absolute atomic E-state index is 5.92. The predicted molar refractivity (Wildman–Crippen MR) is 104 cm³/mol. The first kappa shape index (κ1) is 17.9. The van der Waals surface area contributed by atoms with Crippen molar-refractivity contribution in [2.75, 3.05) is 38.2 Å². The molecule has 4 nitrogen and oxygen atoms in total. The van der Waals surface area contributed by atoms with E-state index in [1.54, 1.807) is 0 Å².